The van der Waals surface area contributed by atoms with E-state index in [0.717, 1.165) is 24.7 Å². The van der Waals surface area contributed by atoms with E-state index in [1.165, 1.54) is 77.3 Å². The Kier molecular flexibility index (Phi) is 5.96. The maximum absolute atomic E-state index is 6.14. The van der Waals surface area contributed by atoms with Crippen molar-refractivity contribution in [1.29, 1.82) is 0 Å². The first-order chi connectivity index (χ1) is 10.4. The summed E-state index contributed by atoms with van der Waals surface area (Å²) in [6.07, 6.45) is 14.2. The summed E-state index contributed by atoms with van der Waals surface area (Å²) in [5.41, 5.74) is 0. The molecule has 0 amide bonds. The Morgan fingerprint density at radius 3 is 2.38 bits per heavy atom. The lowest BCUT2D eigenvalue weighted by atomic mass is 9.97. The van der Waals surface area contributed by atoms with Crippen molar-refractivity contribution in [3.8, 4) is 0 Å². The highest BCUT2D eigenvalue weighted by molar-refractivity contribution is 4.97. The second-order valence-corrected chi connectivity index (χ2v) is 7.38. The van der Waals surface area contributed by atoms with E-state index < -0.39 is 0 Å². The summed E-state index contributed by atoms with van der Waals surface area (Å²) in [6.45, 7) is 5.59. The molecule has 3 fully saturated rings. The minimum absolute atomic E-state index is 0.570. The highest BCUT2D eigenvalue weighted by Gasteiger charge is 2.40. The minimum Gasteiger partial charge on any atom is -0.377 e. The summed E-state index contributed by atoms with van der Waals surface area (Å²) >= 11 is 0. The third-order valence-corrected chi connectivity index (χ3v) is 5.82. The third kappa shape index (κ3) is 4.20. The normalized spacial score (nSPS) is 34.4. The van der Waals surface area contributed by atoms with E-state index in [2.05, 4.69) is 17.1 Å². The van der Waals surface area contributed by atoms with E-state index >= 15 is 0 Å². The molecule has 0 aromatic rings. The monoisotopic (exact) mass is 294 g/mol. The number of hydrogen-bond donors (Lipinski definition) is 1. The minimum atomic E-state index is 0.570. The fourth-order valence-electron chi connectivity index (χ4n) is 4.71. The van der Waals surface area contributed by atoms with E-state index in [9.17, 15) is 0 Å². The fraction of sp³-hybridized carbons (Fsp3) is 1.00. The van der Waals surface area contributed by atoms with Gasteiger partial charge in [-0.3, -0.25) is 4.90 Å². The van der Waals surface area contributed by atoms with E-state index in [4.69, 9.17) is 4.74 Å². The maximum atomic E-state index is 6.14. The summed E-state index contributed by atoms with van der Waals surface area (Å²) in [6, 6.07) is 2.43. The molecule has 1 saturated carbocycles. The molecular weight excluding hydrogens is 260 g/mol. The van der Waals surface area contributed by atoms with E-state index in [1.807, 2.05) is 0 Å². The number of ether oxygens (including phenoxy) is 1. The van der Waals surface area contributed by atoms with Crippen LogP contribution in [0.3, 0.4) is 0 Å². The number of rotatable bonds is 7. The van der Waals surface area contributed by atoms with Gasteiger partial charge in [0.25, 0.3) is 0 Å². The molecule has 2 heterocycles. The smallest absolute Gasteiger partial charge is 0.0597 e. The summed E-state index contributed by atoms with van der Waals surface area (Å²) in [4.78, 5) is 2.77. The Labute approximate surface area is 130 Å². The van der Waals surface area contributed by atoms with Crippen molar-refractivity contribution in [2.24, 2.45) is 0 Å². The van der Waals surface area contributed by atoms with E-state index in [0.29, 0.717) is 6.10 Å². The number of fused-ring (bicyclic) bond motifs is 2. The summed E-state index contributed by atoms with van der Waals surface area (Å²) in [5, 5.41) is 3.74. The molecule has 2 unspecified atom stereocenters. The first-order valence-electron chi connectivity index (χ1n) is 9.47. The molecule has 1 aliphatic carbocycles. The van der Waals surface area contributed by atoms with Gasteiger partial charge in [0.05, 0.1) is 12.7 Å². The summed E-state index contributed by atoms with van der Waals surface area (Å²) in [7, 11) is 0. The molecule has 2 aliphatic heterocycles. The predicted octanol–water partition coefficient (Wildman–Crippen LogP) is 3.33. The molecule has 0 aromatic carbocycles. The maximum Gasteiger partial charge on any atom is 0.0597 e. The van der Waals surface area contributed by atoms with Gasteiger partial charge in [-0.2, -0.15) is 0 Å². The highest BCUT2D eigenvalue weighted by atomic mass is 16.5. The van der Waals surface area contributed by atoms with Gasteiger partial charge in [0.2, 0.25) is 0 Å². The Bertz CT molecular complexity index is 290. The van der Waals surface area contributed by atoms with Crippen LogP contribution in [0.2, 0.25) is 0 Å². The average molecular weight is 294 g/mol. The molecule has 2 bridgehead atoms. The molecule has 1 N–H and O–H groups in total. The number of nitrogens with zero attached hydrogens (tertiary/aromatic N) is 1. The number of piperidine rings is 1. The molecule has 3 nitrogen and oxygen atoms in total. The molecule has 0 spiro atoms. The zero-order valence-corrected chi connectivity index (χ0v) is 13.9. The van der Waals surface area contributed by atoms with Gasteiger partial charge in [-0.25, -0.2) is 0 Å². The van der Waals surface area contributed by atoms with Crippen molar-refractivity contribution in [3.63, 3.8) is 0 Å². The van der Waals surface area contributed by atoms with Gasteiger partial charge >= 0.3 is 0 Å². The van der Waals surface area contributed by atoms with Gasteiger partial charge < -0.3 is 10.1 Å². The van der Waals surface area contributed by atoms with Gasteiger partial charge in [-0.15, -0.1) is 0 Å². The Morgan fingerprint density at radius 2 is 1.71 bits per heavy atom. The van der Waals surface area contributed by atoms with Crippen molar-refractivity contribution in [2.75, 3.05) is 19.7 Å². The molecule has 3 aliphatic rings. The average Bonchev–Trinajstić information content (AvgIpc) is 2.76. The molecule has 2 atom stereocenters. The van der Waals surface area contributed by atoms with Gasteiger partial charge in [0, 0.05) is 24.7 Å². The van der Waals surface area contributed by atoms with Crippen molar-refractivity contribution < 1.29 is 4.74 Å². The summed E-state index contributed by atoms with van der Waals surface area (Å²) in [5.74, 6) is 0. The summed E-state index contributed by atoms with van der Waals surface area (Å²) < 4.78 is 6.14. The van der Waals surface area contributed by atoms with E-state index in [1.54, 1.807) is 0 Å². The standard InChI is InChI=1S/C18H34N2O/c1-2-10-19-15-13-16-8-9-17(14-15)20(16)11-12-21-18-6-4-3-5-7-18/h15-19H,2-14H2,1H3. The Morgan fingerprint density at radius 1 is 1.00 bits per heavy atom. The van der Waals surface area contributed by atoms with Gasteiger partial charge in [-0.1, -0.05) is 26.2 Å². The van der Waals surface area contributed by atoms with Crippen LogP contribution in [0, 0.1) is 0 Å². The van der Waals surface area contributed by atoms with Crippen LogP contribution in [0.25, 0.3) is 0 Å². The predicted molar refractivity (Wildman–Crippen MR) is 87.7 cm³/mol. The zero-order valence-electron chi connectivity index (χ0n) is 13.9. The van der Waals surface area contributed by atoms with Crippen LogP contribution in [0.1, 0.15) is 71.1 Å². The Hall–Kier alpha value is -0.120. The molecular formula is C18H34N2O. The lowest BCUT2D eigenvalue weighted by Crippen LogP contribution is -2.50. The van der Waals surface area contributed by atoms with Crippen molar-refractivity contribution in [3.05, 3.63) is 0 Å². The van der Waals surface area contributed by atoms with Crippen LogP contribution < -0.4 is 5.32 Å². The van der Waals surface area contributed by atoms with E-state index in [-0.39, 0.29) is 0 Å². The molecule has 3 heteroatoms. The highest BCUT2D eigenvalue weighted by Crippen LogP contribution is 2.35. The molecule has 3 rings (SSSR count). The van der Waals surface area contributed by atoms with Crippen molar-refractivity contribution in [2.45, 2.75) is 95.4 Å². The SMILES string of the molecule is CCCNC1CC2CCC(C1)N2CCOC1CCCCC1. The number of nitrogens with one attached hydrogen (secondary N) is 1. The van der Waals surface area contributed by atoms with Crippen LogP contribution in [0.4, 0.5) is 0 Å². The van der Waals surface area contributed by atoms with Crippen LogP contribution in [-0.4, -0.2) is 48.8 Å². The largest absolute Gasteiger partial charge is 0.377 e. The molecule has 122 valence electrons. The van der Waals surface area contributed by atoms with Gasteiger partial charge in [0.1, 0.15) is 0 Å². The van der Waals surface area contributed by atoms with Gasteiger partial charge in [-0.05, 0) is 51.5 Å². The fourth-order valence-corrected chi connectivity index (χ4v) is 4.71. The first-order valence-corrected chi connectivity index (χ1v) is 9.47. The van der Waals surface area contributed by atoms with Crippen molar-refractivity contribution in [1.82, 2.24) is 10.2 Å². The van der Waals surface area contributed by atoms with Crippen LogP contribution in [-0.2, 0) is 4.74 Å². The first kappa shape index (κ1) is 15.8. The molecule has 2 saturated heterocycles. The zero-order chi connectivity index (χ0) is 14.5. The molecule has 0 radical (unpaired) electrons. The van der Waals surface area contributed by atoms with Crippen LogP contribution in [0.15, 0.2) is 0 Å². The topological polar surface area (TPSA) is 24.5 Å². The van der Waals surface area contributed by atoms with Crippen LogP contribution in [0.5, 0.6) is 0 Å². The lowest BCUT2D eigenvalue weighted by Gasteiger charge is -2.39. The van der Waals surface area contributed by atoms with Gasteiger partial charge in [0.15, 0.2) is 0 Å². The Balaban J connectivity index is 1.38. The molecule has 21 heavy (non-hydrogen) atoms. The quantitative estimate of drug-likeness (QED) is 0.779. The lowest BCUT2D eigenvalue weighted by molar-refractivity contribution is 0.00128. The molecule has 0 aromatic heterocycles. The second kappa shape index (κ2) is 7.94. The van der Waals surface area contributed by atoms with Crippen LogP contribution >= 0.6 is 0 Å². The number of hydrogen-bond acceptors (Lipinski definition) is 3. The van der Waals surface area contributed by atoms with Crippen molar-refractivity contribution >= 4 is 0 Å². The third-order valence-electron chi connectivity index (χ3n) is 5.82. The second-order valence-electron chi connectivity index (χ2n) is 7.38.